The number of nitrogens with one attached hydrogen (secondary N) is 2. The van der Waals surface area contributed by atoms with Gasteiger partial charge >= 0.3 is 0 Å². The van der Waals surface area contributed by atoms with Gasteiger partial charge in [-0.1, -0.05) is 67.6 Å². The lowest BCUT2D eigenvalue weighted by molar-refractivity contribution is -0.113. The first-order chi connectivity index (χ1) is 15.6. The SMILES string of the molecule is CCCCc1ccc(NC(=O)CSc2nc3c(-c4ccccc4)c[nH]c3c(=O)n2C)cc1. The second-order valence-electron chi connectivity index (χ2n) is 7.69. The average molecular weight is 447 g/mol. The minimum absolute atomic E-state index is 0.136. The quantitative estimate of drug-likeness (QED) is 0.295. The standard InChI is InChI=1S/C25H26N4O2S/c1-3-4-8-17-11-13-19(14-12-17)27-21(30)16-32-25-28-22-20(18-9-6-5-7-10-18)15-26-23(22)24(31)29(25)2/h5-7,9-15,26H,3-4,8,16H2,1-2H3,(H,27,30). The van der Waals surface area contributed by atoms with Gasteiger partial charge in [0, 0.05) is 24.5 Å². The molecule has 7 heteroatoms. The summed E-state index contributed by atoms with van der Waals surface area (Å²) in [6.07, 6.45) is 5.17. The third kappa shape index (κ3) is 4.78. The van der Waals surface area contributed by atoms with Crippen LogP contribution in [0.25, 0.3) is 22.2 Å². The van der Waals surface area contributed by atoms with E-state index in [2.05, 4.69) is 29.4 Å². The molecule has 32 heavy (non-hydrogen) atoms. The first-order valence-corrected chi connectivity index (χ1v) is 11.7. The zero-order valence-corrected chi connectivity index (χ0v) is 19.0. The van der Waals surface area contributed by atoms with E-state index in [1.54, 1.807) is 13.2 Å². The van der Waals surface area contributed by atoms with E-state index in [-0.39, 0.29) is 17.2 Å². The van der Waals surface area contributed by atoms with Gasteiger partial charge in [0.05, 0.1) is 5.75 Å². The Labute approximate surface area is 191 Å². The molecule has 2 aromatic heterocycles. The Morgan fingerprint density at radius 2 is 1.88 bits per heavy atom. The van der Waals surface area contributed by atoms with Crippen molar-refractivity contribution in [3.63, 3.8) is 0 Å². The number of aromatic amines is 1. The molecule has 0 aliphatic carbocycles. The Morgan fingerprint density at radius 1 is 1.12 bits per heavy atom. The van der Waals surface area contributed by atoms with Crippen LogP contribution in [0.1, 0.15) is 25.3 Å². The fraction of sp³-hybridized carbons (Fsp3) is 0.240. The highest BCUT2D eigenvalue weighted by Crippen LogP contribution is 2.27. The lowest BCUT2D eigenvalue weighted by Crippen LogP contribution is -2.21. The van der Waals surface area contributed by atoms with Crippen LogP contribution in [-0.2, 0) is 18.3 Å². The number of aromatic nitrogens is 3. The first-order valence-electron chi connectivity index (χ1n) is 10.7. The lowest BCUT2D eigenvalue weighted by Gasteiger charge is -2.09. The number of hydrogen-bond acceptors (Lipinski definition) is 4. The Balaban J connectivity index is 1.48. The number of benzene rings is 2. The number of carbonyl (C=O) groups excluding carboxylic acids is 1. The maximum Gasteiger partial charge on any atom is 0.278 e. The number of H-pyrrole nitrogens is 1. The smallest absolute Gasteiger partial charge is 0.278 e. The van der Waals surface area contributed by atoms with Crippen LogP contribution in [0.3, 0.4) is 0 Å². The van der Waals surface area contributed by atoms with Crippen LogP contribution < -0.4 is 10.9 Å². The number of rotatable bonds is 8. The number of unbranched alkanes of at least 4 members (excludes halogenated alkanes) is 1. The summed E-state index contributed by atoms with van der Waals surface area (Å²) in [7, 11) is 1.67. The maximum absolute atomic E-state index is 12.8. The molecule has 0 bridgehead atoms. The molecule has 0 aliphatic rings. The number of thioether (sulfide) groups is 1. The highest BCUT2D eigenvalue weighted by atomic mass is 32.2. The topological polar surface area (TPSA) is 79.8 Å². The summed E-state index contributed by atoms with van der Waals surface area (Å²) in [4.78, 5) is 33.1. The third-order valence-electron chi connectivity index (χ3n) is 5.34. The number of hydrogen-bond donors (Lipinski definition) is 2. The minimum Gasteiger partial charge on any atom is -0.355 e. The van der Waals surface area contributed by atoms with Crippen molar-refractivity contribution in [2.75, 3.05) is 11.1 Å². The van der Waals surface area contributed by atoms with Crippen molar-refractivity contribution in [2.45, 2.75) is 31.3 Å². The monoisotopic (exact) mass is 446 g/mol. The summed E-state index contributed by atoms with van der Waals surface area (Å²) >= 11 is 1.25. The van der Waals surface area contributed by atoms with Gasteiger partial charge in [-0.3, -0.25) is 14.2 Å². The fourth-order valence-electron chi connectivity index (χ4n) is 3.55. The molecule has 2 heterocycles. The summed E-state index contributed by atoms with van der Waals surface area (Å²) < 4.78 is 1.48. The molecule has 0 unspecified atom stereocenters. The molecule has 6 nitrogen and oxygen atoms in total. The molecule has 2 aromatic carbocycles. The second kappa shape index (κ2) is 9.87. The van der Waals surface area contributed by atoms with Gasteiger partial charge in [0.15, 0.2) is 5.16 Å². The Bertz CT molecular complexity index is 1280. The van der Waals surface area contributed by atoms with E-state index in [4.69, 9.17) is 4.98 Å². The van der Waals surface area contributed by atoms with Crippen molar-refractivity contribution in [1.82, 2.24) is 14.5 Å². The minimum atomic E-state index is -0.164. The molecule has 1 amide bonds. The lowest BCUT2D eigenvalue weighted by atomic mass is 10.1. The van der Waals surface area contributed by atoms with E-state index in [0.717, 1.165) is 36.1 Å². The molecule has 0 saturated carbocycles. The second-order valence-corrected chi connectivity index (χ2v) is 8.63. The molecule has 0 spiro atoms. The normalized spacial score (nSPS) is 11.1. The number of fused-ring (bicyclic) bond motifs is 1. The van der Waals surface area contributed by atoms with Gasteiger partial charge < -0.3 is 10.3 Å². The summed E-state index contributed by atoms with van der Waals surface area (Å²) in [5.74, 6) is 0.0251. The van der Waals surface area contributed by atoms with Crippen LogP contribution in [0.4, 0.5) is 5.69 Å². The van der Waals surface area contributed by atoms with Gasteiger partial charge in [-0.05, 0) is 36.1 Å². The zero-order valence-electron chi connectivity index (χ0n) is 18.2. The van der Waals surface area contributed by atoms with E-state index in [1.165, 1.54) is 21.9 Å². The predicted octanol–water partition coefficient (Wildman–Crippen LogP) is 5.00. The van der Waals surface area contributed by atoms with Crippen LogP contribution in [0.5, 0.6) is 0 Å². The largest absolute Gasteiger partial charge is 0.355 e. The number of aryl methyl sites for hydroxylation is 1. The molecular formula is C25H26N4O2S. The van der Waals surface area contributed by atoms with Gasteiger partial charge in [-0.25, -0.2) is 4.98 Å². The van der Waals surface area contributed by atoms with Crippen LogP contribution in [0, 0.1) is 0 Å². The number of carbonyl (C=O) groups is 1. The van der Waals surface area contributed by atoms with Crippen molar-refractivity contribution in [3.05, 3.63) is 76.7 Å². The van der Waals surface area contributed by atoms with Gasteiger partial charge in [0.25, 0.3) is 5.56 Å². The molecule has 0 atom stereocenters. The van der Waals surface area contributed by atoms with Crippen LogP contribution in [0.2, 0.25) is 0 Å². The Morgan fingerprint density at radius 3 is 2.59 bits per heavy atom. The highest BCUT2D eigenvalue weighted by Gasteiger charge is 2.16. The summed E-state index contributed by atoms with van der Waals surface area (Å²) in [6, 6.07) is 17.8. The van der Waals surface area contributed by atoms with Crippen LogP contribution in [0.15, 0.2) is 70.7 Å². The summed E-state index contributed by atoms with van der Waals surface area (Å²) in [6.45, 7) is 2.17. The molecule has 0 fully saturated rings. The predicted molar refractivity (Wildman–Crippen MR) is 131 cm³/mol. The Hall–Kier alpha value is -3.32. The Kier molecular flexibility index (Phi) is 6.75. The third-order valence-corrected chi connectivity index (χ3v) is 6.37. The van der Waals surface area contributed by atoms with Crippen molar-refractivity contribution in [2.24, 2.45) is 7.05 Å². The zero-order chi connectivity index (χ0) is 22.5. The molecule has 0 radical (unpaired) electrons. The van der Waals surface area contributed by atoms with Crippen LogP contribution >= 0.6 is 11.8 Å². The van der Waals surface area contributed by atoms with Crippen LogP contribution in [-0.4, -0.2) is 26.2 Å². The van der Waals surface area contributed by atoms with Crippen molar-refractivity contribution < 1.29 is 4.79 Å². The molecule has 164 valence electrons. The van der Waals surface area contributed by atoms with Gasteiger partial charge in [0.2, 0.25) is 5.91 Å². The van der Waals surface area contributed by atoms with Crippen molar-refractivity contribution in [1.29, 1.82) is 0 Å². The molecule has 4 aromatic rings. The van der Waals surface area contributed by atoms with Gasteiger partial charge in [0.1, 0.15) is 11.0 Å². The van der Waals surface area contributed by atoms with E-state index < -0.39 is 0 Å². The van der Waals surface area contributed by atoms with Crippen molar-refractivity contribution in [3.8, 4) is 11.1 Å². The number of amides is 1. The van der Waals surface area contributed by atoms with E-state index in [1.807, 2.05) is 42.5 Å². The average Bonchev–Trinajstić information content (AvgIpc) is 3.24. The van der Waals surface area contributed by atoms with Gasteiger partial charge in [-0.15, -0.1) is 0 Å². The van der Waals surface area contributed by atoms with Gasteiger partial charge in [-0.2, -0.15) is 0 Å². The summed E-state index contributed by atoms with van der Waals surface area (Å²) in [5, 5.41) is 3.42. The molecule has 2 N–H and O–H groups in total. The first kappa shape index (κ1) is 21.9. The number of anilines is 1. The maximum atomic E-state index is 12.8. The molecule has 0 saturated heterocycles. The molecule has 0 aliphatic heterocycles. The number of nitrogens with zero attached hydrogens (tertiary/aromatic N) is 2. The van der Waals surface area contributed by atoms with E-state index >= 15 is 0 Å². The molecular weight excluding hydrogens is 420 g/mol. The highest BCUT2D eigenvalue weighted by molar-refractivity contribution is 7.99. The summed E-state index contributed by atoms with van der Waals surface area (Å²) in [5.41, 5.74) is 4.80. The van der Waals surface area contributed by atoms with E-state index in [0.29, 0.717) is 16.2 Å². The van der Waals surface area contributed by atoms with E-state index in [9.17, 15) is 9.59 Å². The fourth-order valence-corrected chi connectivity index (χ4v) is 4.31. The molecule has 4 rings (SSSR count). The van der Waals surface area contributed by atoms with Crippen molar-refractivity contribution >= 4 is 34.4 Å².